The van der Waals surface area contributed by atoms with Crippen molar-refractivity contribution in [2.24, 2.45) is 5.14 Å². The van der Waals surface area contributed by atoms with Crippen LogP contribution in [-0.4, -0.2) is 13.4 Å². The second-order valence-corrected chi connectivity index (χ2v) is 3.31. The highest BCUT2D eigenvalue weighted by Gasteiger charge is 2.01. The summed E-state index contributed by atoms with van der Waals surface area (Å²) in [5.74, 6) is -0.685. The molecule has 0 aliphatic rings. The van der Waals surface area contributed by atoms with Gasteiger partial charge in [-0.25, -0.2) is 10.1 Å². The van der Waals surface area contributed by atoms with E-state index in [0.717, 1.165) is 12.3 Å². The Morgan fingerprint density at radius 3 is 2.58 bits per heavy atom. The van der Waals surface area contributed by atoms with Gasteiger partial charge in [0, 0.05) is 0 Å². The van der Waals surface area contributed by atoms with E-state index in [1.165, 1.54) is 6.07 Å². The molecule has 12 heavy (non-hydrogen) atoms. The molecule has 0 saturated carbocycles. The molecule has 0 atom stereocenters. The lowest BCUT2D eigenvalue weighted by molar-refractivity contribution is 0.583. The SMILES string of the molecule is NS(=O)(=O)Nc1ccc(F)nc1. The summed E-state index contributed by atoms with van der Waals surface area (Å²) in [4.78, 5) is 3.21. The van der Waals surface area contributed by atoms with E-state index < -0.39 is 16.2 Å². The van der Waals surface area contributed by atoms with E-state index in [1.54, 1.807) is 0 Å². The van der Waals surface area contributed by atoms with Gasteiger partial charge in [-0.05, 0) is 12.1 Å². The molecule has 5 nitrogen and oxygen atoms in total. The molecule has 7 heteroatoms. The van der Waals surface area contributed by atoms with Crippen LogP contribution >= 0.6 is 0 Å². The van der Waals surface area contributed by atoms with Crippen molar-refractivity contribution in [3.8, 4) is 0 Å². The predicted octanol–water partition coefficient (Wildman–Crippen LogP) is -0.164. The molecule has 66 valence electrons. The van der Waals surface area contributed by atoms with Gasteiger partial charge >= 0.3 is 0 Å². The molecule has 0 aliphatic heterocycles. The first-order valence-electron chi connectivity index (χ1n) is 2.89. The summed E-state index contributed by atoms with van der Waals surface area (Å²) in [6.07, 6.45) is 1.03. The Labute approximate surface area is 68.6 Å². The molecule has 0 bridgehead atoms. The van der Waals surface area contributed by atoms with Crippen LogP contribution in [0.1, 0.15) is 0 Å². The lowest BCUT2D eigenvalue weighted by Crippen LogP contribution is -2.21. The van der Waals surface area contributed by atoms with Crippen LogP contribution < -0.4 is 9.86 Å². The Balaban J connectivity index is 2.85. The van der Waals surface area contributed by atoms with E-state index >= 15 is 0 Å². The highest BCUT2D eigenvalue weighted by Crippen LogP contribution is 2.05. The summed E-state index contributed by atoms with van der Waals surface area (Å²) in [5, 5.41) is 4.65. The maximum Gasteiger partial charge on any atom is 0.296 e. The monoisotopic (exact) mass is 191 g/mol. The number of nitrogens with zero attached hydrogens (tertiary/aromatic N) is 1. The average molecular weight is 191 g/mol. The number of pyridine rings is 1. The molecule has 0 unspecified atom stereocenters. The van der Waals surface area contributed by atoms with Crippen LogP contribution in [-0.2, 0) is 10.2 Å². The highest BCUT2D eigenvalue weighted by atomic mass is 32.2. The largest absolute Gasteiger partial charge is 0.296 e. The molecule has 0 radical (unpaired) electrons. The Hall–Kier alpha value is -1.21. The van der Waals surface area contributed by atoms with Crippen molar-refractivity contribution < 1.29 is 12.8 Å². The van der Waals surface area contributed by atoms with Gasteiger partial charge in [0.15, 0.2) is 0 Å². The molecular formula is C5H6FN3O2S. The van der Waals surface area contributed by atoms with Gasteiger partial charge in [-0.3, -0.25) is 4.72 Å². The minimum atomic E-state index is -3.80. The van der Waals surface area contributed by atoms with Crippen molar-refractivity contribution in [3.63, 3.8) is 0 Å². The van der Waals surface area contributed by atoms with Gasteiger partial charge in [0.2, 0.25) is 5.95 Å². The zero-order valence-corrected chi connectivity index (χ0v) is 6.68. The quantitative estimate of drug-likeness (QED) is 0.637. The number of hydrogen-bond donors (Lipinski definition) is 2. The summed E-state index contributed by atoms with van der Waals surface area (Å²) >= 11 is 0. The smallest absolute Gasteiger partial charge is 0.270 e. The van der Waals surface area contributed by atoms with Crippen LogP contribution in [0.3, 0.4) is 0 Å². The summed E-state index contributed by atoms with van der Waals surface area (Å²) in [6.45, 7) is 0. The van der Waals surface area contributed by atoms with Crippen LogP contribution in [0.15, 0.2) is 18.3 Å². The second kappa shape index (κ2) is 3.03. The van der Waals surface area contributed by atoms with Crippen molar-refractivity contribution in [2.75, 3.05) is 4.72 Å². The Bertz CT molecular complexity index is 361. The lowest BCUT2D eigenvalue weighted by atomic mass is 10.4. The number of rotatable bonds is 2. The van der Waals surface area contributed by atoms with Crippen LogP contribution in [0.2, 0.25) is 0 Å². The van der Waals surface area contributed by atoms with Crippen molar-refractivity contribution in [1.82, 2.24) is 4.98 Å². The highest BCUT2D eigenvalue weighted by molar-refractivity contribution is 7.90. The van der Waals surface area contributed by atoms with E-state index in [0.29, 0.717) is 0 Å². The molecule has 1 rings (SSSR count). The number of halogens is 1. The Kier molecular flexibility index (Phi) is 2.25. The Morgan fingerprint density at radius 2 is 2.17 bits per heavy atom. The summed E-state index contributed by atoms with van der Waals surface area (Å²) in [7, 11) is -3.80. The standard InChI is InChI=1S/C5H6FN3O2S/c6-5-2-1-4(3-8-5)9-12(7,10)11/h1-3,9H,(H2,7,10,11). The first-order chi connectivity index (χ1) is 5.47. The minimum Gasteiger partial charge on any atom is -0.270 e. The van der Waals surface area contributed by atoms with Gasteiger partial charge in [-0.2, -0.15) is 12.8 Å². The van der Waals surface area contributed by atoms with Gasteiger partial charge < -0.3 is 0 Å². The number of hydrogen-bond acceptors (Lipinski definition) is 3. The Morgan fingerprint density at radius 1 is 1.50 bits per heavy atom. The second-order valence-electron chi connectivity index (χ2n) is 2.02. The molecule has 0 aliphatic carbocycles. The number of nitrogens with one attached hydrogen (secondary N) is 1. The van der Waals surface area contributed by atoms with E-state index in [-0.39, 0.29) is 5.69 Å². The summed E-state index contributed by atoms with van der Waals surface area (Å²) < 4.78 is 35.0. The van der Waals surface area contributed by atoms with Gasteiger partial charge in [-0.15, -0.1) is 0 Å². The maximum atomic E-state index is 12.2. The topological polar surface area (TPSA) is 85.1 Å². The molecule has 0 spiro atoms. The average Bonchev–Trinajstić information content (AvgIpc) is 1.91. The van der Waals surface area contributed by atoms with E-state index in [2.05, 4.69) is 10.1 Å². The molecule has 0 aromatic carbocycles. The van der Waals surface area contributed by atoms with Crippen molar-refractivity contribution >= 4 is 15.9 Å². The maximum absolute atomic E-state index is 12.2. The van der Waals surface area contributed by atoms with E-state index in [1.807, 2.05) is 4.72 Å². The molecule has 1 heterocycles. The third kappa shape index (κ3) is 2.81. The van der Waals surface area contributed by atoms with Gasteiger partial charge in [0.25, 0.3) is 10.2 Å². The number of anilines is 1. The normalized spacial score (nSPS) is 11.2. The molecular weight excluding hydrogens is 185 g/mol. The first-order valence-corrected chi connectivity index (χ1v) is 4.44. The molecule has 0 saturated heterocycles. The van der Waals surface area contributed by atoms with Crippen LogP contribution in [0.25, 0.3) is 0 Å². The fourth-order valence-electron chi connectivity index (χ4n) is 0.600. The summed E-state index contributed by atoms with van der Waals surface area (Å²) in [5.41, 5.74) is 0.124. The van der Waals surface area contributed by atoms with Crippen molar-refractivity contribution in [3.05, 3.63) is 24.3 Å². The molecule has 1 aromatic heterocycles. The van der Waals surface area contributed by atoms with Crippen LogP contribution in [0, 0.1) is 5.95 Å². The van der Waals surface area contributed by atoms with Gasteiger partial charge in [0.05, 0.1) is 11.9 Å². The fraction of sp³-hybridized carbons (Fsp3) is 0. The molecule has 1 aromatic rings. The third-order valence-corrected chi connectivity index (χ3v) is 1.51. The summed E-state index contributed by atoms with van der Waals surface area (Å²) in [6, 6.07) is 2.24. The zero-order chi connectivity index (χ0) is 9.19. The zero-order valence-electron chi connectivity index (χ0n) is 5.86. The molecule has 0 fully saturated rings. The molecule has 0 amide bonds. The third-order valence-electron chi connectivity index (χ3n) is 0.987. The van der Waals surface area contributed by atoms with E-state index in [4.69, 9.17) is 0 Å². The minimum absolute atomic E-state index is 0.124. The van der Waals surface area contributed by atoms with Gasteiger partial charge in [-0.1, -0.05) is 0 Å². The van der Waals surface area contributed by atoms with Crippen molar-refractivity contribution in [2.45, 2.75) is 0 Å². The van der Waals surface area contributed by atoms with E-state index in [9.17, 15) is 12.8 Å². The first kappa shape index (κ1) is 8.88. The van der Waals surface area contributed by atoms with Gasteiger partial charge in [0.1, 0.15) is 0 Å². The van der Waals surface area contributed by atoms with Crippen molar-refractivity contribution in [1.29, 1.82) is 0 Å². The lowest BCUT2D eigenvalue weighted by Gasteiger charge is -2.00. The number of aromatic nitrogens is 1. The van der Waals surface area contributed by atoms with Crippen LogP contribution in [0.5, 0.6) is 0 Å². The number of nitrogens with two attached hydrogens (primary N) is 1. The predicted molar refractivity (Wildman–Crippen MR) is 40.9 cm³/mol. The fourth-order valence-corrected chi connectivity index (χ4v) is 1.05. The molecule has 3 N–H and O–H groups in total. The van der Waals surface area contributed by atoms with Crippen LogP contribution in [0.4, 0.5) is 10.1 Å².